The maximum atomic E-state index is 12.6. The predicted molar refractivity (Wildman–Crippen MR) is 88.2 cm³/mol. The van der Waals surface area contributed by atoms with E-state index in [1.54, 1.807) is 24.4 Å². The fourth-order valence-electron chi connectivity index (χ4n) is 2.79. The van der Waals surface area contributed by atoms with Gasteiger partial charge in [0.05, 0.1) is 4.90 Å². The molecule has 1 amide bonds. The Morgan fingerprint density at radius 2 is 2.00 bits per heavy atom. The third-order valence-corrected chi connectivity index (χ3v) is 5.38. The third-order valence-electron chi connectivity index (χ3n) is 3.99. The molecule has 0 bridgehead atoms. The van der Waals surface area contributed by atoms with E-state index in [4.69, 9.17) is 0 Å². The number of sulfonamides is 1. The van der Waals surface area contributed by atoms with Crippen LogP contribution >= 0.6 is 0 Å². The van der Waals surface area contributed by atoms with Crippen molar-refractivity contribution in [3.8, 4) is 0 Å². The van der Waals surface area contributed by atoms with E-state index in [2.05, 4.69) is 9.71 Å². The number of hydrogen-bond donors (Lipinski definition) is 1. The van der Waals surface area contributed by atoms with Crippen molar-refractivity contribution in [3.05, 3.63) is 48.3 Å². The second kappa shape index (κ2) is 6.50. The van der Waals surface area contributed by atoms with Crippen LogP contribution < -0.4 is 4.72 Å². The minimum absolute atomic E-state index is 0.0972. The van der Waals surface area contributed by atoms with E-state index in [0.29, 0.717) is 17.4 Å². The zero-order chi connectivity index (χ0) is 16.3. The normalized spacial score (nSPS) is 15.7. The molecule has 0 unspecified atom stereocenters. The van der Waals surface area contributed by atoms with E-state index in [1.807, 2.05) is 6.08 Å². The zero-order valence-electron chi connectivity index (χ0n) is 12.7. The van der Waals surface area contributed by atoms with E-state index >= 15 is 0 Å². The average molecular weight is 330 g/mol. The number of nitrogens with one attached hydrogen (secondary N) is 1. The third kappa shape index (κ3) is 3.42. The van der Waals surface area contributed by atoms with Gasteiger partial charge in [-0.2, -0.15) is 0 Å². The first-order valence-corrected chi connectivity index (χ1v) is 9.15. The molecule has 1 heterocycles. The predicted octanol–water partition coefficient (Wildman–Crippen LogP) is 2.93. The molecule has 0 aliphatic heterocycles. The number of benzene rings is 1. The van der Waals surface area contributed by atoms with Gasteiger partial charge in [0.25, 0.3) is 15.9 Å². The van der Waals surface area contributed by atoms with Crippen LogP contribution in [-0.4, -0.2) is 19.3 Å². The second-order valence-corrected chi connectivity index (χ2v) is 7.27. The molecule has 0 radical (unpaired) electrons. The fourth-order valence-corrected chi connectivity index (χ4v) is 4.01. The van der Waals surface area contributed by atoms with Gasteiger partial charge in [-0.15, -0.1) is 0 Å². The number of carbonyl (C=O) groups is 1. The van der Waals surface area contributed by atoms with E-state index in [0.717, 1.165) is 31.1 Å². The minimum atomic E-state index is -3.92. The summed E-state index contributed by atoms with van der Waals surface area (Å²) in [6.45, 7) is 0. The highest BCUT2D eigenvalue weighted by molar-refractivity contribution is 7.90. The molecule has 1 aromatic carbocycles. The molecular formula is C17H18N2O3S. The van der Waals surface area contributed by atoms with Crippen LogP contribution in [-0.2, 0) is 14.8 Å². The van der Waals surface area contributed by atoms with Crippen molar-refractivity contribution in [1.29, 1.82) is 0 Å². The van der Waals surface area contributed by atoms with Crippen LogP contribution in [0.15, 0.2) is 53.2 Å². The maximum absolute atomic E-state index is 12.6. The number of hydrogen-bond acceptors (Lipinski definition) is 4. The fraction of sp³-hybridized carbons (Fsp3) is 0.294. The molecule has 1 aliphatic carbocycles. The topological polar surface area (TPSA) is 76.1 Å². The second-order valence-electron chi connectivity index (χ2n) is 5.62. The van der Waals surface area contributed by atoms with Gasteiger partial charge in [-0.3, -0.25) is 9.78 Å². The minimum Gasteiger partial charge on any atom is -0.269 e. The molecule has 120 valence electrons. The summed E-state index contributed by atoms with van der Waals surface area (Å²) in [7, 11) is -3.92. The number of amides is 1. The lowest BCUT2D eigenvalue weighted by atomic mass is 10.1. The Balaban J connectivity index is 1.92. The van der Waals surface area contributed by atoms with Crippen molar-refractivity contribution < 1.29 is 13.2 Å². The molecule has 0 spiro atoms. The van der Waals surface area contributed by atoms with E-state index in [1.165, 1.54) is 12.3 Å². The van der Waals surface area contributed by atoms with Crippen molar-refractivity contribution in [1.82, 2.24) is 9.71 Å². The van der Waals surface area contributed by atoms with Gasteiger partial charge in [-0.05, 0) is 37.8 Å². The molecule has 3 rings (SSSR count). The SMILES string of the molecule is O=C(NS(=O)(=O)c1cccc2cnccc12)C1=CCCCCC1. The van der Waals surface area contributed by atoms with E-state index in [-0.39, 0.29) is 4.90 Å². The monoisotopic (exact) mass is 330 g/mol. The lowest BCUT2D eigenvalue weighted by Gasteiger charge is -2.10. The summed E-state index contributed by atoms with van der Waals surface area (Å²) in [6.07, 6.45) is 9.46. The molecule has 5 nitrogen and oxygen atoms in total. The first-order valence-electron chi connectivity index (χ1n) is 7.67. The smallest absolute Gasteiger partial charge is 0.264 e. The summed E-state index contributed by atoms with van der Waals surface area (Å²) >= 11 is 0. The molecule has 6 heteroatoms. The summed E-state index contributed by atoms with van der Waals surface area (Å²) in [5, 5.41) is 1.27. The van der Waals surface area contributed by atoms with Gasteiger partial charge >= 0.3 is 0 Å². The van der Waals surface area contributed by atoms with Crippen LogP contribution in [0, 0.1) is 0 Å². The molecule has 1 N–H and O–H groups in total. The Labute approximate surface area is 135 Å². The van der Waals surface area contributed by atoms with Crippen LogP contribution in [0.2, 0.25) is 0 Å². The highest BCUT2D eigenvalue weighted by Gasteiger charge is 2.22. The van der Waals surface area contributed by atoms with Crippen LogP contribution in [0.25, 0.3) is 10.8 Å². The highest BCUT2D eigenvalue weighted by Crippen LogP contribution is 2.23. The van der Waals surface area contributed by atoms with Crippen molar-refractivity contribution in [2.75, 3.05) is 0 Å². The summed E-state index contributed by atoms with van der Waals surface area (Å²) in [5.74, 6) is -0.516. The number of carbonyl (C=O) groups excluding carboxylic acids is 1. The van der Waals surface area contributed by atoms with Crippen LogP contribution in [0.5, 0.6) is 0 Å². The van der Waals surface area contributed by atoms with Gasteiger partial charge in [0.1, 0.15) is 0 Å². The van der Waals surface area contributed by atoms with E-state index in [9.17, 15) is 13.2 Å². The molecule has 1 aliphatic rings. The Morgan fingerprint density at radius 1 is 1.13 bits per heavy atom. The molecule has 0 saturated carbocycles. The Hall–Kier alpha value is -2.21. The van der Waals surface area contributed by atoms with E-state index < -0.39 is 15.9 Å². The molecule has 0 fully saturated rings. The van der Waals surface area contributed by atoms with Crippen LogP contribution in [0.3, 0.4) is 0 Å². The quantitative estimate of drug-likeness (QED) is 0.939. The number of aromatic nitrogens is 1. The lowest BCUT2D eigenvalue weighted by Crippen LogP contribution is -2.31. The van der Waals surface area contributed by atoms with Gasteiger partial charge < -0.3 is 0 Å². The van der Waals surface area contributed by atoms with Crippen molar-refractivity contribution in [3.63, 3.8) is 0 Å². The molecule has 0 atom stereocenters. The summed E-state index contributed by atoms with van der Waals surface area (Å²) in [4.78, 5) is 16.4. The summed E-state index contributed by atoms with van der Waals surface area (Å²) in [5.41, 5.74) is 0.563. The Kier molecular flexibility index (Phi) is 4.43. The number of fused-ring (bicyclic) bond motifs is 1. The Bertz CT molecular complexity index is 867. The molecule has 23 heavy (non-hydrogen) atoms. The zero-order valence-corrected chi connectivity index (χ0v) is 13.5. The number of allylic oxidation sites excluding steroid dienone is 1. The average Bonchev–Trinajstić information content (AvgIpc) is 2.83. The number of pyridine rings is 1. The largest absolute Gasteiger partial charge is 0.269 e. The first-order chi connectivity index (χ1) is 11.1. The Morgan fingerprint density at radius 3 is 2.87 bits per heavy atom. The first kappa shape index (κ1) is 15.7. The molecular weight excluding hydrogens is 312 g/mol. The van der Waals surface area contributed by atoms with Gasteiger partial charge in [0.2, 0.25) is 0 Å². The van der Waals surface area contributed by atoms with Crippen LogP contribution in [0.1, 0.15) is 32.1 Å². The summed E-state index contributed by atoms with van der Waals surface area (Å²) < 4.78 is 27.4. The molecule has 1 aromatic heterocycles. The van der Waals surface area contributed by atoms with Crippen molar-refractivity contribution in [2.24, 2.45) is 0 Å². The standard InChI is InChI=1S/C17H18N2O3S/c20-17(13-6-3-1-2-4-7-13)19-23(21,22)16-9-5-8-14-12-18-11-10-15(14)16/h5-6,8-12H,1-4,7H2,(H,19,20). The van der Waals surface area contributed by atoms with Gasteiger partial charge in [0.15, 0.2) is 0 Å². The number of nitrogens with zero attached hydrogens (tertiary/aromatic N) is 1. The van der Waals surface area contributed by atoms with Crippen molar-refractivity contribution >= 4 is 26.7 Å². The molecule has 0 saturated heterocycles. The van der Waals surface area contributed by atoms with Gasteiger partial charge in [0, 0.05) is 28.7 Å². The van der Waals surface area contributed by atoms with Gasteiger partial charge in [-0.1, -0.05) is 24.6 Å². The summed E-state index contributed by atoms with van der Waals surface area (Å²) in [6, 6.07) is 6.57. The lowest BCUT2D eigenvalue weighted by molar-refractivity contribution is -0.116. The number of rotatable bonds is 3. The van der Waals surface area contributed by atoms with Gasteiger partial charge in [-0.25, -0.2) is 13.1 Å². The highest BCUT2D eigenvalue weighted by atomic mass is 32.2. The van der Waals surface area contributed by atoms with Crippen LogP contribution in [0.4, 0.5) is 0 Å². The van der Waals surface area contributed by atoms with Crippen molar-refractivity contribution in [2.45, 2.75) is 37.0 Å². The molecule has 2 aromatic rings. The maximum Gasteiger partial charge on any atom is 0.264 e.